The lowest BCUT2D eigenvalue weighted by Crippen LogP contribution is -2.07. The van der Waals surface area contributed by atoms with E-state index in [2.05, 4.69) is 4.57 Å². The molecular formula is C16H17NO3. The summed E-state index contributed by atoms with van der Waals surface area (Å²) < 4.78 is 7.21. The van der Waals surface area contributed by atoms with Crippen LogP contribution in [0.25, 0.3) is 0 Å². The number of aromatic nitrogens is 1. The molecule has 4 heteroatoms. The summed E-state index contributed by atoms with van der Waals surface area (Å²) in [5.74, 6) is 0.472. The van der Waals surface area contributed by atoms with Gasteiger partial charge in [0, 0.05) is 24.9 Å². The molecule has 0 N–H and O–H groups in total. The highest BCUT2D eigenvalue weighted by molar-refractivity contribution is 6.24. The first-order chi connectivity index (χ1) is 9.72. The summed E-state index contributed by atoms with van der Waals surface area (Å²) in [4.78, 5) is 21.4. The van der Waals surface area contributed by atoms with E-state index in [0.717, 1.165) is 23.6 Å². The van der Waals surface area contributed by atoms with Gasteiger partial charge >= 0.3 is 0 Å². The summed E-state index contributed by atoms with van der Waals surface area (Å²) in [7, 11) is 1.64. The second kappa shape index (κ2) is 6.70. The molecule has 104 valence electrons. The van der Waals surface area contributed by atoms with Crippen LogP contribution in [0.5, 0.6) is 5.75 Å². The maximum atomic E-state index is 11.1. The number of aryl methyl sites for hydroxylation is 1. The number of rotatable bonds is 7. The van der Waals surface area contributed by atoms with Crippen molar-refractivity contribution in [3.63, 3.8) is 0 Å². The van der Waals surface area contributed by atoms with Crippen molar-refractivity contribution in [3.8, 4) is 5.75 Å². The molecule has 0 bridgehead atoms. The Labute approximate surface area is 118 Å². The average molecular weight is 271 g/mol. The number of benzene rings is 1. The molecule has 0 saturated heterocycles. The Balaban J connectivity index is 2.03. The molecule has 0 fully saturated rings. The second-order valence-electron chi connectivity index (χ2n) is 4.56. The molecule has 2 aromatic rings. The van der Waals surface area contributed by atoms with Gasteiger partial charge in [-0.15, -0.1) is 0 Å². The summed E-state index contributed by atoms with van der Waals surface area (Å²) in [6.07, 6.45) is 3.21. The molecule has 1 aromatic carbocycles. The van der Waals surface area contributed by atoms with Crippen molar-refractivity contribution in [2.24, 2.45) is 0 Å². The Morgan fingerprint density at radius 2 is 2.00 bits per heavy atom. The predicted octanol–water partition coefficient (Wildman–Crippen LogP) is 2.25. The standard InChI is InChI=1S/C16H17NO3/c1-20-16-8-4-13(5-9-16)11-17-10-2-3-14(17)6-7-15(19)12-18/h2-5,8-10,12H,6-7,11H2,1H3. The number of aldehydes is 1. The number of ketones is 1. The van der Waals surface area contributed by atoms with Crippen LogP contribution in [0, 0.1) is 0 Å². The van der Waals surface area contributed by atoms with Crippen LogP contribution in [-0.2, 0) is 22.6 Å². The van der Waals surface area contributed by atoms with Gasteiger partial charge in [-0.3, -0.25) is 9.59 Å². The third-order valence-corrected chi connectivity index (χ3v) is 3.19. The minimum absolute atomic E-state index is 0.260. The molecule has 1 aromatic heterocycles. The third-order valence-electron chi connectivity index (χ3n) is 3.19. The fourth-order valence-electron chi connectivity index (χ4n) is 2.07. The summed E-state index contributed by atoms with van der Waals surface area (Å²) in [5, 5.41) is 0. The van der Waals surface area contributed by atoms with Gasteiger partial charge in [-0.25, -0.2) is 0 Å². The van der Waals surface area contributed by atoms with Crippen molar-refractivity contribution in [1.82, 2.24) is 4.57 Å². The molecule has 0 spiro atoms. The van der Waals surface area contributed by atoms with Crippen molar-refractivity contribution >= 4 is 12.1 Å². The largest absolute Gasteiger partial charge is 0.497 e. The summed E-state index contributed by atoms with van der Waals surface area (Å²) in [6.45, 7) is 0.738. The number of hydrogen-bond acceptors (Lipinski definition) is 3. The van der Waals surface area contributed by atoms with Crippen LogP contribution in [0.2, 0.25) is 0 Å². The lowest BCUT2D eigenvalue weighted by molar-refractivity contribution is -0.129. The zero-order valence-corrected chi connectivity index (χ0v) is 11.4. The molecular weight excluding hydrogens is 254 g/mol. The lowest BCUT2D eigenvalue weighted by atomic mass is 10.1. The van der Waals surface area contributed by atoms with Crippen molar-refractivity contribution < 1.29 is 14.3 Å². The summed E-state index contributed by atoms with van der Waals surface area (Å²) in [5.41, 5.74) is 2.21. The third kappa shape index (κ3) is 3.57. The van der Waals surface area contributed by atoms with Crippen molar-refractivity contribution in [1.29, 1.82) is 0 Å². The van der Waals surface area contributed by atoms with Gasteiger partial charge < -0.3 is 9.30 Å². The maximum absolute atomic E-state index is 11.1. The van der Waals surface area contributed by atoms with E-state index in [1.54, 1.807) is 7.11 Å². The fourth-order valence-corrected chi connectivity index (χ4v) is 2.07. The zero-order chi connectivity index (χ0) is 14.4. The SMILES string of the molecule is COc1ccc(Cn2cccc2CCC(=O)C=O)cc1. The quantitative estimate of drug-likeness (QED) is 0.573. The Hall–Kier alpha value is -2.36. The number of hydrogen-bond donors (Lipinski definition) is 0. The van der Waals surface area contributed by atoms with Crippen LogP contribution in [-0.4, -0.2) is 23.7 Å². The Kier molecular flexibility index (Phi) is 4.71. The van der Waals surface area contributed by atoms with E-state index >= 15 is 0 Å². The van der Waals surface area contributed by atoms with Crippen LogP contribution >= 0.6 is 0 Å². The predicted molar refractivity (Wildman–Crippen MR) is 75.9 cm³/mol. The monoisotopic (exact) mass is 271 g/mol. The lowest BCUT2D eigenvalue weighted by Gasteiger charge is -2.09. The molecule has 0 amide bonds. The van der Waals surface area contributed by atoms with Crippen LogP contribution in [0.3, 0.4) is 0 Å². The Morgan fingerprint density at radius 1 is 1.25 bits per heavy atom. The van der Waals surface area contributed by atoms with Crippen LogP contribution in [0.4, 0.5) is 0 Å². The van der Waals surface area contributed by atoms with Gasteiger partial charge in [0.2, 0.25) is 0 Å². The molecule has 4 nitrogen and oxygen atoms in total. The van der Waals surface area contributed by atoms with Gasteiger partial charge in [0.05, 0.1) is 7.11 Å². The van der Waals surface area contributed by atoms with E-state index in [1.165, 1.54) is 0 Å². The molecule has 0 saturated carbocycles. The number of carbonyl (C=O) groups excluding carboxylic acids is 2. The van der Waals surface area contributed by atoms with E-state index < -0.39 is 0 Å². The summed E-state index contributed by atoms with van der Waals surface area (Å²) >= 11 is 0. The molecule has 0 aliphatic carbocycles. The van der Waals surface area contributed by atoms with E-state index in [-0.39, 0.29) is 12.2 Å². The number of carbonyl (C=O) groups is 2. The first-order valence-corrected chi connectivity index (χ1v) is 6.48. The summed E-state index contributed by atoms with van der Waals surface area (Å²) in [6, 6.07) is 11.8. The average Bonchev–Trinajstić information content (AvgIpc) is 2.92. The minimum atomic E-state index is -0.359. The van der Waals surface area contributed by atoms with Crippen molar-refractivity contribution in [2.75, 3.05) is 7.11 Å². The highest BCUT2D eigenvalue weighted by Crippen LogP contribution is 2.14. The Morgan fingerprint density at radius 3 is 2.65 bits per heavy atom. The van der Waals surface area contributed by atoms with Gasteiger partial charge in [0.25, 0.3) is 0 Å². The van der Waals surface area contributed by atoms with Gasteiger partial charge in [0.15, 0.2) is 12.1 Å². The molecule has 0 radical (unpaired) electrons. The van der Waals surface area contributed by atoms with E-state index in [4.69, 9.17) is 4.74 Å². The van der Waals surface area contributed by atoms with Gasteiger partial charge in [0.1, 0.15) is 5.75 Å². The van der Waals surface area contributed by atoms with Crippen molar-refractivity contribution in [2.45, 2.75) is 19.4 Å². The molecule has 0 aliphatic rings. The number of Topliss-reactive ketones (excluding diaryl/α,β-unsaturated/α-hetero) is 1. The van der Waals surface area contributed by atoms with E-state index in [0.29, 0.717) is 12.7 Å². The normalized spacial score (nSPS) is 10.2. The highest BCUT2D eigenvalue weighted by atomic mass is 16.5. The first kappa shape index (κ1) is 14.1. The smallest absolute Gasteiger partial charge is 0.195 e. The van der Waals surface area contributed by atoms with Crippen LogP contribution < -0.4 is 4.74 Å². The highest BCUT2D eigenvalue weighted by Gasteiger charge is 2.05. The molecule has 20 heavy (non-hydrogen) atoms. The number of nitrogens with zero attached hydrogens (tertiary/aromatic N) is 1. The molecule has 0 unspecified atom stereocenters. The van der Waals surface area contributed by atoms with E-state index in [9.17, 15) is 9.59 Å². The molecule has 2 rings (SSSR count). The zero-order valence-electron chi connectivity index (χ0n) is 11.4. The van der Waals surface area contributed by atoms with Crippen molar-refractivity contribution in [3.05, 3.63) is 53.9 Å². The van der Waals surface area contributed by atoms with Gasteiger partial charge in [-0.2, -0.15) is 0 Å². The number of methoxy groups -OCH3 is 1. The second-order valence-corrected chi connectivity index (χ2v) is 4.56. The topological polar surface area (TPSA) is 48.3 Å². The molecule has 0 aliphatic heterocycles. The first-order valence-electron chi connectivity index (χ1n) is 6.48. The minimum Gasteiger partial charge on any atom is -0.497 e. The van der Waals surface area contributed by atoms with Gasteiger partial charge in [-0.1, -0.05) is 12.1 Å². The van der Waals surface area contributed by atoms with Gasteiger partial charge in [-0.05, 0) is 36.2 Å². The maximum Gasteiger partial charge on any atom is 0.195 e. The number of ether oxygens (including phenoxy) is 1. The molecule has 0 atom stereocenters. The van der Waals surface area contributed by atoms with Crippen LogP contribution in [0.1, 0.15) is 17.7 Å². The van der Waals surface area contributed by atoms with Crippen LogP contribution in [0.15, 0.2) is 42.6 Å². The molecule has 1 heterocycles. The Bertz CT molecular complexity index is 584. The fraction of sp³-hybridized carbons (Fsp3) is 0.250. The van der Waals surface area contributed by atoms with E-state index in [1.807, 2.05) is 42.6 Å².